The number of fused-ring (bicyclic) bond motifs is 8. The largest absolute Gasteiger partial charge is 0.495 e. The SMILES string of the molecule is COc1cc2c(cc1Nc1ncnc3sc4c(c13)CC[C@H](C(=O)N(C)C[C@H](C)OC)C4)C=NC2.COc1cc2c(cc1Nc1ncnc3sc4c(c13)CC[C@H](C(=O)O)C4)C=NC2. The fourth-order valence-electron chi connectivity index (χ4n) is 8.76. The number of amides is 1. The number of carboxylic acids is 1. The quantitative estimate of drug-likeness (QED) is 0.116. The van der Waals surface area contributed by atoms with Crippen molar-refractivity contribution >= 4 is 90.4 Å². The number of likely N-dealkylation sites (N-methyl/N-ethyl adjacent to an activating group) is 1. The number of anilines is 4. The fraction of sp³-hybridized carbons (Fsp3) is 0.378. The van der Waals surface area contributed by atoms with Crippen molar-refractivity contribution in [3.63, 3.8) is 0 Å². The van der Waals surface area contributed by atoms with Gasteiger partial charge in [0.25, 0.3) is 0 Å². The molecular weight excluding hydrogens is 827 g/mol. The second-order valence-corrected chi connectivity index (χ2v) is 18.2. The number of benzene rings is 2. The summed E-state index contributed by atoms with van der Waals surface area (Å²) in [6.45, 7) is 3.93. The molecule has 0 spiro atoms. The molecule has 0 bridgehead atoms. The van der Waals surface area contributed by atoms with Crippen molar-refractivity contribution in [1.29, 1.82) is 0 Å². The Labute approximate surface area is 366 Å². The standard InChI is InChI=1S/C25H29N5O3S.C20H18N4O3S/c1-14(32-3)12-30(2)25(31)15-5-6-18-21(9-15)34-24-22(18)23(27-13-28-24)29-19-7-16-10-26-11-17(16)8-20(19)33-4;1-27-15-5-12-8-21-7-11(12)4-14(15)24-18-17-13-3-2-10(20(25)26)6-16(13)28-19(17)23-9-22-18/h7-8,10,13-15H,5-6,9,11-12H2,1-4H3,(H,27,28,29);4-5,7,9-10H,2-3,6,8H2,1H3,(H,25,26)(H,22,23,24)/t14-,15-;10-/m00/s1. The van der Waals surface area contributed by atoms with Gasteiger partial charge in [-0.1, -0.05) is 0 Å². The number of ether oxygens (including phenoxy) is 3. The topological polar surface area (TPSA) is 186 Å². The highest BCUT2D eigenvalue weighted by atomic mass is 32.1. The number of nitrogens with zero attached hydrogens (tertiary/aromatic N) is 7. The lowest BCUT2D eigenvalue weighted by Crippen LogP contribution is -2.39. The number of aliphatic imine (C=N–C) groups is 2. The molecule has 2 aliphatic heterocycles. The van der Waals surface area contributed by atoms with E-state index in [2.05, 4.69) is 46.6 Å². The van der Waals surface area contributed by atoms with Gasteiger partial charge in [0.05, 0.1) is 61.5 Å². The lowest BCUT2D eigenvalue weighted by molar-refractivity contribution is -0.142. The maximum atomic E-state index is 13.1. The van der Waals surface area contributed by atoms with E-state index in [4.69, 9.17) is 14.2 Å². The van der Waals surface area contributed by atoms with Gasteiger partial charge in [-0.25, -0.2) is 19.9 Å². The van der Waals surface area contributed by atoms with Crippen LogP contribution in [0.25, 0.3) is 20.4 Å². The van der Waals surface area contributed by atoms with Crippen molar-refractivity contribution in [2.24, 2.45) is 21.8 Å². The van der Waals surface area contributed by atoms with Crippen LogP contribution in [0.1, 0.15) is 62.9 Å². The molecule has 17 heteroatoms. The van der Waals surface area contributed by atoms with Crippen LogP contribution >= 0.6 is 22.7 Å². The van der Waals surface area contributed by atoms with Crippen LogP contribution in [0.15, 0.2) is 46.9 Å². The van der Waals surface area contributed by atoms with Crippen molar-refractivity contribution in [1.82, 2.24) is 24.8 Å². The summed E-state index contributed by atoms with van der Waals surface area (Å²) >= 11 is 3.24. The number of carbonyl (C=O) groups excluding carboxylic acids is 1. The predicted octanol–water partition coefficient (Wildman–Crippen LogP) is 7.54. The number of aromatic nitrogens is 4. The number of rotatable bonds is 11. The van der Waals surface area contributed by atoms with Gasteiger partial charge < -0.3 is 34.9 Å². The number of carbonyl (C=O) groups is 2. The molecule has 0 unspecified atom stereocenters. The average Bonchev–Trinajstić information content (AvgIpc) is 4.10. The molecule has 15 nitrogen and oxygen atoms in total. The normalized spacial score (nSPS) is 17.4. The number of hydrogen-bond acceptors (Lipinski definition) is 15. The van der Waals surface area contributed by atoms with E-state index in [0.29, 0.717) is 32.5 Å². The molecular formula is C45H47N9O6S2. The zero-order valence-electron chi connectivity index (χ0n) is 35.2. The first kappa shape index (κ1) is 41.3. The zero-order chi connectivity index (χ0) is 43.1. The van der Waals surface area contributed by atoms with Gasteiger partial charge >= 0.3 is 5.97 Å². The number of nitrogens with one attached hydrogen (secondary N) is 2. The van der Waals surface area contributed by atoms with Gasteiger partial charge in [0.15, 0.2) is 0 Å². The molecule has 3 N–H and O–H groups in total. The Bertz CT molecular complexity index is 2780. The molecule has 2 aromatic carbocycles. The lowest BCUT2D eigenvalue weighted by Gasteiger charge is -2.28. The maximum absolute atomic E-state index is 13.1. The van der Waals surface area contributed by atoms with Crippen molar-refractivity contribution < 1.29 is 28.9 Å². The third-order valence-electron chi connectivity index (χ3n) is 12.1. The molecule has 6 aromatic rings. The van der Waals surface area contributed by atoms with E-state index < -0.39 is 5.97 Å². The molecule has 6 heterocycles. The van der Waals surface area contributed by atoms with E-state index in [1.165, 1.54) is 16.0 Å². The molecule has 1 amide bonds. The Morgan fingerprint density at radius 1 is 0.774 bits per heavy atom. The molecule has 320 valence electrons. The molecule has 3 atom stereocenters. The first-order valence-electron chi connectivity index (χ1n) is 20.6. The van der Waals surface area contributed by atoms with Gasteiger partial charge in [-0.3, -0.25) is 19.6 Å². The summed E-state index contributed by atoms with van der Waals surface area (Å²) in [5, 5.41) is 18.3. The smallest absolute Gasteiger partial charge is 0.306 e. The Morgan fingerprint density at radius 2 is 1.27 bits per heavy atom. The van der Waals surface area contributed by atoms with Crippen LogP contribution in [0, 0.1) is 11.8 Å². The van der Waals surface area contributed by atoms with Gasteiger partial charge in [0.1, 0.15) is 45.5 Å². The first-order chi connectivity index (χ1) is 30.1. The van der Waals surface area contributed by atoms with Gasteiger partial charge in [0.2, 0.25) is 5.91 Å². The highest BCUT2D eigenvalue weighted by Gasteiger charge is 2.32. The van der Waals surface area contributed by atoms with E-state index in [1.54, 1.807) is 61.6 Å². The molecule has 4 aliphatic rings. The summed E-state index contributed by atoms with van der Waals surface area (Å²) in [5.41, 5.74) is 8.57. The summed E-state index contributed by atoms with van der Waals surface area (Å²) in [7, 11) is 6.86. The Morgan fingerprint density at radius 3 is 1.76 bits per heavy atom. The highest BCUT2D eigenvalue weighted by molar-refractivity contribution is 7.19. The molecule has 62 heavy (non-hydrogen) atoms. The second-order valence-electron chi connectivity index (χ2n) is 16.0. The maximum Gasteiger partial charge on any atom is 0.306 e. The fourth-order valence-corrected chi connectivity index (χ4v) is 11.3. The molecule has 0 radical (unpaired) electrons. The van der Waals surface area contributed by atoms with Crippen molar-refractivity contribution in [2.45, 2.75) is 64.6 Å². The minimum Gasteiger partial charge on any atom is -0.495 e. The highest BCUT2D eigenvalue weighted by Crippen LogP contribution is 2.44. The van der Waals surface area contributed by atoms with E-state index in [9.17, 15) is 14.7 Å². The summed E-state index contributed by atoms with van der Waals surface area (Å²) in [5.74, 6) is 2.12. The summed E-state index contributed by atoms with van der Waals surface area (Å²) < 4.78 is 16.5. The minimum absolute atomic E-state index is 0.0174. The van der Waals surface area contributed by atoms with Crippen molar-refractivity contribution in [2.75, 3.05) is 45.6 Å². The van der Waals surface area contributed by atoms with Crippen LogP contribution in [-0.4, -0.2) is 95.3 Å². The van der Waals surface area contributed by atoms with Gasteiger partial charge in [0, 0.05) is 48.8 Å². The average molecular weight is 874 g/mol. The molecule has 0 saturated heterocycles. The van der Waals surface area contributed by atoms with Crippen LogP contribution in [-0.2, 0) is 53.1 Å². The number of carboxylic acid groups (broad SMARTS) is 1. The Kier molecular flexibility index (Phi) is 11.6. The van der Waals surface area contributed by atoms with Gasteiger partial charge in [-0.2, -0.15) is 0 Å². The Hall–Kier alpha value is -6.04. The van der Waals surface area contributed by atoms with E-state index in [0.717, 1.165) is 108 Å². The third kappa shape index (κ3) is 7.95. The molecule has 4 aromatic heterocycles. The van der Waals surface area contributed by atoms with Gasteiger partial charge in [-0.05, 0) is 103 Å². The minimum atomic E-state index is -0.725. The van der Waals surface area contributed by atoms with Gasteiger partial charge in [-0.15, -0.1) is 22.7 Å². The Balaban J connectivity index is 0.000000161. The van der Waals surface area contributed by atoms with Crippen molar-refractivity contribution in [3.05, 3.63) is 80.1 Å². The molecule has 10 rings (SSSR count). The van der Waals surface area contributed by atoms with E-state index in [1.807, 2.05) is 44.6 Å². The van der Waals surface area contributed by atoms with Crippen LogP contribution in [0.5, 0.6) is 11.5 Å². The number of thiophene rings is 2. The summed E-state index contributed by atoms with van der Waals surface area (Å²) in [6.07, 6.45) is 11.2. The van der Waals surface area contributed by atoms with Crippen LogP contribution < -0.4 is 20.1 Å². The van der Waals surface area contributed by atoms with E-state index in [-0.39, 0.29) is 23.8 Å². The summed E-state index contributed by atoms with van der Waals surface area (Å²) in [6, 6.07) is 8.12. The van der Waals surface area contributed by atoms with Crippen molar-refractivity contribution in [3.8, 4) is 11.5 Å². The number of hydrogen-bond donors (Lipinski definition) is 3. The van der Waals surface area contributed by atoms with Crippen LogP contribution in [0.3, 0.4) is 0 Å². The molecule has 0 fully saturated rings. The lowest BCUT2D eigenvalue weighted by atomic mass is 9.87. The second kappa shape index (κ2) is 17.4. The number of aliphatic carboxylic acids is 1. The molecule has 0 saturated carbocycles. The first-order valence-corrected chi connectivity index (χ1v) is 22.2. The third-order valence-corrected chi connectivity index (χ3v) is 14.4. The zero-order valence-corrected chi connectivity index (χ0v) is 36.8. The molecule has 2 aliphatic carbocycles. The van der Waals surface area contributed by atoms with E-state index >= 15 is 0 Å². The monoisotopic (exact) mass is 873 g/mol. The summed E-state index contributed by atoms with van der Waals surface area (Å²) in [4.78, 5) is 57.1. The predicted molar refractivity (Wildman–Crippen MR) is 243 cm³/mol. The van der Waals surface area contributed by atoms with Crippen LogP contribution in [0.2, 0.25) is 0 Å². The number of methoxy groups -OCH3 is 3. The van der Waals surface area contributed by atoms with Crippen LogP contribution in [0.4, 0.5) is 23.0 Å². The number of aryl methyl sites for hydroxylation is 2.